The highest BCUT2D eigenvalue weighted by Gasteiger charge is 2.30. The predicted molar refractivity (Wildman–Crippen MR) is 110 cm³/mol. The lowest BCUT2D eigenvalue weighted by molar-refractivity contribution is -0.151. The molecule has 0 aliphatic carbocycles. The van der Waals surface area contributed by atoms with Gasteiger partial charge in [0.15, 0.2) is 0 Å². The van der Waals surface area contributed by atoms with E-state index in [-0.39, 0.29) is 35.7 Å². The molecule has 9 nitrogen and oxygen atoms in total. The number of hydrogen-bond acceptors (Lipinski definition) is 6. The van der Waals surface area contributed by atoms with Crippen LogP contribution in [0.5, 0.6) is 0 Å². The average molecular weight is 414 g/mol. The minimum absolute atomic E-state index is 0.0557. The molecule has 9 heteroatoms. The highest BCUT2D eigenvalue weighted by molar-refractivity contribution is 5.91. The minimum Gasteiger partial charge on any atom is -0.466 e. The van der Waals surface area contributed by atoms with Crippen molar-refractivity contribution in [2.45, 2.75) is 39.2 Å². The predicted octanol–water partition coefficient (Wildman–Crippen LogP) is 0.772. The van der Waals surface area contributed by atoms with Crippen LogP contribution >= 0.6 is 0 Å². The van der Waals surface area contributed by atoms with Gasteiger partial charge in [-0.15, -0.1) is 0 Å². The molecular formula is C21H26N4O5. The van der Waals surface area contributed by atoms with Crippen LogP contribution in [0.15, 0.2) is 29.1 Å². The number of ether oxygens (including phenoxy) is 1. The number of esters is 1. The number of amides is 2. The summed E-state index contributed by atoms with van der Waals surface area (Å²) in [4.78, 5) is 50.5. The first-order valence-electron chi connectivity index (χ1n) is 10.1. The Morgan fingerprint density at radius 1 is 1.23 bits per heavy atom. The van der Waals surface area contributed by atoms with Crippen molar-refractivity contribution < 1.29 is 19.1 Å². The van der Waals surface area contributed by atoms with Crippen LogP contribution in [0.1, 0.15) is 32.4 Å². The fourth-order valence-corrected chi connectivity index (χ4v) is 3.68. The molecule has 0 unspecified atom stereocenters. The summed E-state index contributed by atoms with van der Waals surface area (Å²) < 4.78 is 5.04. The number of piperidine rings is 1. The van der Waals surface area contributed by atoms with Crippen LogP contribution in [-0.2, 0) is 25.5 Å². The normalized spacial score (nSPS) is 15.6. The fraction of sp³-hybridized carbons (Fsp3) is 0.476. The Morgan fingerprint density at radius 3 is 2.57 bits per heavy atom. The van der Waals surface area contributed by atoms with Gasteiger partial charge in [0.2, 0.25) is 11.8 Å². The molecule has 1 aromatic heterocycles. The molecule has 1 aliphatic rings. The van der Waals surface area contributed by atoms with Gasteiger partial charge in [0.05, 0.1) is 30.0 Å². The van der Waals surface area contributed by atoms with Crippen LogP contribution in [0.2, 0.25) is 0 Å². The van der Waals surface area contributed by atoms with Crippen molar-refractivity contribution in [3.8, 4) is 0 Å². The summed E-state index contributed by atoms with van der Waals surface area (Å²) >= 11 is 0. The molecular weight excluding hydrogens is 388 g/mol. The molecule has 160 valence electrons. The summed E-state index contributed by atoms with van der Waals surface area (Å²) in [5.41, 5.74) is 0.127. The van der Waals surface area contributed by atoms with Crippen molar-refractivity contribution in [3.63, 3.8) is 0 Å². The third-order valence-corrected chi connectivity index (χ3v) is 5.28. The Bertz CT molecular complexity index is 994. The molecule has 0 bridgehead atoms. The Kier molecular flexibility index (Phi) is 6.81. The van der Waals surface area contributed by atoms with Crippen molar-refractivity contribution in [2.24, 2.45) is 5.92 Å². The molecule has 2 aromatic rings. The zero-order valence-corrected chi connectivity index (χ0v) is 17.1. The van der Waals surface area contributed by atoms with Crippen LogP contribution < -0.4 is 10.9 Å². The van der Waals surface area contributed by atoms with Gasteiger partial charge in [-0.25, -0.2) is 5.10 Å². The number of benzene rings is 1. The summed E-state index contributed by atoms with van der Waals surface area (Å²) in [5, 5.41) is 10.2. The number of rotatable bonds is 6. The second-order valence-electron chi connectivity index (χ2n) is 7.36. The zero-order chi connectivity index (χ0) is 21.7. The van der Waals surface area contributed by atoms with E-state index in [0.717, 1.165) is 0 Å². The second kappa shape index (κ2) is 9.51. The molecule has 0 spiro atoms. The lowest BCUT2D eigenvalue weighted by Gasteiger charge is -2.32. The van der Waals surface area contributed by atoms with Gasteiger partial charge in [0.25, 0.3) is 5.56 Å². The van der Waals surface area contributed by atoms with E-state index < -0.39 is 6.04 Å². The monoisotopic (exact) mass is 414 g/mol. The van der Waals surface area contributed by atoms with E-state index in [1.807, 2.05) is 0 Å². The van der Waals surface area contributed by atoms with E-state index in [9.17, 15) is 19.2 Å². The highest BCUT2D eigenvalue weighted by Crippen LogP contribution is 2.19. The maximum atomic E-state index is 12.7. The Hall–Kier alpha value is -3.23. The van der Waals surface area contributed by atoms with Crippen LogP contribution in [0.4, 0.5) is 0 Å². The van der Waals surface area contributed by atoms with E-state index in [4.69, 9.17) is 4.74 Å². The smallest absolute Gasteiger partial charge is 0.309 e. The number of carbonyl (C=O) groups excluding carboxylic acids is 3. The lowest BCUT2D eigenvalue weighted by Crippen LogP contribution is -2.50. The standard InChI is InChI=1S/C21H26N4O5/c1-3-30-21(29)14-8-10-25(11-9-14)20(28)13(2)22-18(26)12-17-15-6-4-5-7-16(15)19(27)24-23-17/h4-7,13-14H,3,8-12H2,1-2H3,(H,22,26)(H,24,27)/t13-/m1/s1. The summed E-state index contributed by atoms with van der Waals surface area (Å²) in [6.45, 7) is 4.66. The summed E-state index contributed by atoms with van der Waals surface area (Å²) in [5.74, 6) is -0.947. The topological polar surface area (TPSA) is 121 Å². The van der Waals surface area contributed by atoms with Gasteiger partial charge in [-0.2, -0.15) is 5.10 Å². The molecule has 30 heavy (non-hydrogen) atoms. The molecule has 0 radical (unpaired) electrons. The van der Waals surface area contributed by atoms with Crippen LogP contribution in [0.3, 0.4) is 0 Å². The van der Waals surface area contributed by atoms with Crippen molar-refractivity contribution >= 4 is 28.6 Å². The van der Waals surface area contributed by atoms with Crippen molar-refractivity contribution in [3.05, 3.63) is 40.3 Å². The van der Waals surface area contributed by atoms with Crippen LogP contribution in [0.25, 0.3) is 10.8 Å². The first kappa shape index (κ1) is 21.5. The van der Waals surface area contributed by atoms with Gasteiger partial charge >= 0.3 is 5.97 Å². The van der Waals surface area contributed by atoms with Gasteiger partial charge in [-0.1, -0.05) is 18.2 Å². The van der Waals surface area contributed by atoms with E-state index in [1.165, 1.54) is 0 Å². The maximum Gasteiger partial charge on any atom is 0.309 e. The maximum absolute atomic E-state index is 12.7. The van der Waals surface area contributed by atoms with E-state index >= 15 is 0 Å². The Morgan fingerprint density at radius 2 is 1.90 bits per heavy atom. The van der Waals surface area contributed by atoms with Crippen molar-refractivity contribution in [2.75, 3.05) is 19.7 Å². The third-order valence-electron chi connectivity index (χ3n) is 5.28. The largest absolute Gasteiger partial charge is 0.466 e. The van der Waals surface area contributed by atoms with Gasteiger partial charge < -0.3 is 15.0 Å². The minimum atomic E-state index is -0.703. The van der Waals surface area contributed by atoms with Crippen molar-refractivity contribution in [1.29, 1.82) is 0 Å². The number of fused-ring (bicyclic) bond motifs is 1. The number of hydrogen-bond donors (Lipinski definition) is 2. The molecule has 3 rings (SSSR count). The zero-order valence-electron chi connectivity index (χ0n) is 17.1. The number of carbonyl (C=O) groups is 3. The number of nitrogens with zero attached hydrogens (tertiary/aromatic N) is 2. The first-order valence-corrected chi connectivity index (χ1v) is 10.1. The fourth-order valence-electron chi connectivity index (χ4n) is 3.68. The third kappa shape index (κ3) is 4.84. The van der Waals surface area contributed by atoms with E-state index in [1.54, 1.807) is 43.0 Å². The summed E-state index contributed by atoms with van der Waals surface area (Å²) in [7, 11) is 0. The molecule has 1 saturated heterocycles. The quantitative estimate of drug-likeness (QED) is 0.674. The lowest BCUT2D eigenvalue weighted by atomic mass is 9.96. The molecule has 2 N–H and O–H groups in total. The molecule has 2 amide bonds. The molecule has 1 aromatic carbocycles. The summed E-state index contributed by atoms with van der Waals surface area (Å²) in [6.07, 6.45) is 1.05. The summed E-state index contributed by atoms with van der Waals surface area (Å²) in [6, 6.07) is 6.22. The van der Waals surface area contributed by atoms with Gasteiger partial charge in [-0.3, -0.25) is 19.2 Å². The van der Waals surface area contributed by atoms with Gasteiger partial charge in [-0.05, 0) is 32.8 Å². The SMILES string of the molecule is CCOC(=O)C1CCN(C(=O)[C@@H](C)NC(=O)Cc2n[nH]c(=O)c3ccccc23)CC1. The molecule has 1 aliphatic heterocycles. The second-order valence-corrected chi connectivity index (χ2v) is 7.36. The number of aromatic amines is 1. The van der Waals surface area contributed by atoms with Crippen LogP contribution in [-0.4, -0.2) is 58.6 Å². The molecule has 2 heterocycles. The number of aromatic nitrogens is 2. The van der Waals surface area contributed by atoms with Gasteiger partial charge in [0.1, 0.15) is 6.04 Å². The number of nitrogens with one attached hydrogen (secondary N) is 2. The first-order chi connectivity index (χ1) is 14.4. The molecule has 1 fully saturated rings. The Balaban J connectivity index is 1.56. The molecule has 0 saturated carbocycles. The number of H-pyrrole nitrogens is 1. The van der Waals surface area contributed by atoms with E-state index in [2.05, 4.69) is 15.5 Å². The van der Waals surface area contributed by atoms with Gasteiger partial charge in [0, 0.05) is 18.5 Å². The number of likely N-dealkylation sites (tertiary alicyclic amines) is 1. The van der Waals surface area contributed by atoms with E-state index in [0.29, 0.717) is 49.0 Å². The highest BCUT2D eigenvalue weighted by atomic mass is 16.5. The van der Waals surface area contributed by atoms with Crippen molar-refractivity contribution in [1.82, 2.24) is 20.4 Å². The Labute approximate surface area is 173 Å². The average Bonchev–Trinajstić information content (AvgIpc) is 2.75. The molecule has 1 atom stereocenters. The van der Waals surface area contributed by atoms with Crippen LogP contribution in [0, 0.1) is 5.92 Å².